The van der Waals surface area contributed by atoms with Gasteiger partial charge in [0.2, 0.25) is 0 Å². The summed E-state index contributed by atoms with van der Waals surface area (Å²) in [6.45, 7) is 5.57. The number of hydrogen-bond acceptors (Lipinski definition) is 10. The Hall–Kier alpha value is -1.68. The van der Waals surface area contributed by atoms with Gasteiger partial charge in [0.1, 0.15) is 29.3 Å². The van der Waals surface area contributed by atoms with Gasteiger partial charge in [-0.15, -0.1) is 0 Å². The summed E-state index contributed by atoms with van der Waals surface area (Å²) in [4.78, 5) is 2.83. The van der Waals surface area contributed by atoms with E-state index in [1.165, 1.54) is 0 Å². The summed E-state index contributed by atoms with van der Waals surface area (Å²) in [6.07, 6.45) is -2.41. The fraction of sp³-hybridized carbons (Fsp3) is 0.571. The monoisotopic (exact) mass is 450 g/mol. The van der Waals surface area contributed by atoms with Crippen LogP contribution in [0.3, 0.4) is 0 Å². The number of hydrogen-bond donors (Lipinski definition) is 5. The van der Waals surface area contributed by atoms with E-state index in [9.17, 15) is 20.6 Å². The van der Waals surface area contributed by atoms with E-state index in [1.54, 1.807) is 6.08 Å². The average Bonchev–Trinajstić information content (AvgIpc) is 2.80. The van der Waals surface area contributed by atoms with Crippen molar-refractivity contribution in [1.29, 1.82) is 5.26 Å². The van der Waals surface area contributed by atoms with Gasteiger partial charge >= 0.3 is 0 Å². The molecule has 2 saturated heterocycles. The normalized spacial score (nSPS) is 27.6. The lowest BCUT2D eigenvalue weighted by molar-refractivity contribution is -0.184. The SMILES string of the molecule is N#C/C(=C\c1ccc(NCCN2CCOCC2)cc1)SNC[C@H]1OC[C@H](O)[C@@H](O)[C@@H]1O. The van der Waals surface area contributed by atoms with Crippen molar-refractivity contribution in [2.45, 2.75) is 24.4 Å². The number of benzene rings is 1. The molecule has 170 valence electrons. The van der Waals surface area contributed by atoms with Crippen LogP contribution in [0.1, 0.15) is 5.56 Å². The summed E-state index contributed by atoms with van der Waals surface area (Å²) in [5, 5.41) is 41.9. The first-order chi connectivity index (χ1) is 15.1. The summed E-state index contributed by atoms with van der Waals surface area (Å²) in [6, 6.07) is 9.99. The predicted octanol–water partition coefficient (Wildman–Crippen LogP) is 0.0145. The highest BCUT2D eigenvalue weighted by molar-refractivity contribution is 8.01. The summed E-state index contributed by atoms with van der Waals surface area (Å²) < 4.78 is 13.7. The van der Waals surface area contributed by atoms with E-state index in [-0.39, 0.29) is 13.2 Å². The zero-order valence-corrected chi connectivity index (χ0v) is 18.1. The van der Waals surface area contributed by atoms with Crippen molar-refractivity contribution in [2.24, 2.45) is 0 Å². The van der Waals surface area contributed by atoms with Gasteiger partial charge in [-0.2, -0.15) is 5.26 Å². The van der Waals surface area contributed by atoms with Crippen LogP contribution in [0.15, 0.2) is 29.2 Å². The molecule has 2 aliphatic rings. The molecule has 2 heterocycles. The Morgan fingerprint density at radius 3 is 2.65 bits per heavy atom. The molecule has 10 heteroatoms. The van der Waals surface area contributed by atoms with Crippen LogP contribution in [0.2, 0.25) is 0 Å². The molecule has 2 fully saturated rings. The summed E-state index contributed by atoms with van der Waals surface area (Å²) in [7, 11) is 0. The second-order valence-electron chi connectivity index (χ2n) is 7.49. The third-order valence-corrected chi connectivity index (χ3v) is 5.99. The third-order valence-electron chi connectivity index (χ3n) is 5.25. The summed E-state index contributed by atoms with van der Waals surface area (Å²) in [5.74, 6) is 0. The standard InChI is InChI=1S/C21H30N4O5S/c22-12-17(31-24-13-19-21(28)20(27)18(26)14-30-19)11-15-1-3-16(4-2-15)23-5-6-25-7-9-29-10-8-25/h1-4,11,18-21,23-24,26-28H,5-10,13-14H2/b17-11+/t18-,19+,20+,21+/m0/s1. The van der Waals surface area contributed by atoms with Crippen LogP contribution in [0.5, 0.6) is 0 Å². The van der Waals surface area contributed by atoms with E-state index >= 15 is 0 Å². The van der Waals surface area contributed by atoms with Gasteiger partial charge in [-0.25, -0.2) is 0 Å². The van der Waals surface area contributed by atoms with Crippen molar-refractivity contribution in [1.82, 2.24) is 9.62 Å². The zero-order valence-electron chi connectivity index (χ0n) is 17.3. The number of aliphatic hydroxyl groups excluding tert-OH is 3. The Morgan fingerprint density at radius 2 is 1.94 bits per heavy atom. The molecule has 5 N–H and O–H groups in total. The molecule has 9 nitrogen and oxygen atoms in total. The molecule has 0 aromatic heterocycles. The first-order valence-corrected chi connectivity index (χ1v) is 11.2. The molecule has 4 atom stereocenters. The van der Waals surface area contributed by atoms with Crippen LogP contribution in [-0.4, -0.2) is 97.2 Å². The van der Waals surface area contributed by atoms with Crippen LogP contribution >= 0.6 is 11.9 Å². The zero-order chi connectivity index (χ0) is 22.1. The Bertz CT molecular complexity index is 751. The van der Waals surface area contributed by atoms with E-state index in [0.717, 1.165) is 62.6 Å². The van der Waals surface area contributed by atoms with Gasteiger partial charge in [0, 0.05) is 38.4 Å². The summed E-state index contributed by atoms with van der Waals surface area (Å²) in [5.41, 5.74) is 1.93. The second-order valence-corrected chi connectivity index (χ2v) is 8.43. The Balaban J connectivity index is 1.42. The average molecular weight is 451 g/mol. The maximum absolute atomic E-state index is 9.95. The number of nitrogens with one attached hydrogen (secondary N) is 2. The highest BCUT2D eigenvalue weighted by Crippen LogP contribution is 2.20. The van der Waals surface area contributed by atoms with Crippen molar-refractivity contribution < 1.29 is 24.8 Å². The molecular formula is C21H30N4O5S. The van der Waals surface area contributed by atoms with E-state index in [0.29, 0.717) is 4.91 Å². The van der Waals surface area contributed by atoms with Crippen LogP contribution < -0.4 is 10.0 Å². The van der Waals surface area contributed by atoms with Crippen molar-refractivity contribution >= 4 is 23.7 Å². The molecular weight excluding hydrogens is 420 g/mol. The minimum Gasteiger partial charge on any atom is -0.388 e. The minimum absolute atomic E-state index is 0.0387. The van der Waals surface area contributed by atoms with E-state index in [2.05, 4.69) is 21.0 Å². The van der Waals surface area contributed by atoms with Crippen LogP contribution in [0.25, 0.3) is 6.08 Å². The van der Waals surface area contributed by atoms with Crippen LogP contribution in [-0.2, 0) is 9.47 Å². The smallest absolute Gasteiger partial charge is 0.111 e. The maximum Gasteiger partial charge on any atom is 0.111 e. The quantitative estimate of drug-likeness (QED) is 0.259. The number of nitrogens with zero attached hydrogens (tertiary/aromatic N) is 2. The Morgan fingerprint density at radius 1 is 1.19 bits per heavy atom. The number of morpholine rings is 1. The second kappa shape index (κ2) is 12.4. The number of anilines is 1. The molecule has 0 amide bonds. The van der Waals surface area contributed by atoms with Crippen LogP contribution in [0.4, 0.5) is 5.69 Å². The lowest BCUT2D eigenvalue weighted by Crippen LogP contribution is -2.55. The first kappa shape index (κ1) is 24.0. The summed E-state index contributed by atoms with van der Waals surface area (Å²) >= 11 is 1.13. The van der Waals surface area contributed by atoms with Gasteiger partial charge in [0.15, 0.2) is 0 Å². The van der Waals surface area contributed by atoms with E-state index < -0.39 is 24.4 Å². The largest absolute Gasteiger partial charge is 0.388 e. The van der Waals surface area contributed by atoms with Gasteiger partial charge in [-0.3, -0.25) is 9.62 Å². The molecule has 31 heavy (non-hydrogen) atoms. The fourth-order valence-corrected chi connectivity index (χ4v) is 4.01. The van der Waals surface area contributed by atoms with Crippen molar-refractivity contribution in [2.75, 3.05) is 57.9 Å². The minimum atomic E-state index is -1.24. The number of allylic oxidation sites excluding steroid dienone is 1. The van der Waals surface area contributed by atoms with E-state index in [4.69, 9.17) is 9.47 Å². The third kappa shape index (κ3) is 7.45. The molecule has 0 radical (unpaired) electrons. The van der Waals surface area contributed by atoms with Crippen LogP contribution in [0, 0.1) is 11.3 Å². The van der Waals surface area contributed by atoms with Gasteiger partial charge in [-0.1, -0.05) is 12.1 Å². The molecule has 0 aliphatic carbocycles. The molecule has 3 rings (SSSR count). The topological polar surface area (TPSA) is 130 Å². The molecule has 0 bridgehead atoms. The van der Waals surface area contributed by atoms with E-state index in [1.807, 2.05) is 24.3 Å². The number of aliphatic hydroxyl groups is 3. The van der Waals surface area contributed by atoms with Crippen molar-refractivity contribution in [3.05, 3.63) is 34.7 Å². The molecule has 1 aromatic carbocycles. The van der Waals surface area contributed by atoms with Crippen molar-refractivity contribution in [3.63, 3.8) is 0 Å². The number of rotatable bonds is 9. The van der Waals surface area contributed by atoms with Gasteiger partial charge < -0.3 is 30.1 Å². The predicted molar refractivity (Wildman–Crippen MR) is 119 cm³/mol. The number of ether oxygens (including phenoxy) is 2. The lowest BCUT2D eigenvalue weighted by Gasteiger charge is -2.35. The first-order valence-electron chi connectivity index (χ1n) is 10.4. The van der Waals surface area contributed by atoms with Crippen molar-refractivity contribution in [3.8, 4) is 6.07 Å². The highest BCUT2D eigenvalue weighted by atomic mass is 32.2. The lowest BCUT2D eigenvalue weighted by atomic mass is 10.0. The molecule has 1 aromatic rings. The Kier molecular flexibility index (Phi) is 9.57. The highest BCUT2D eigenvalue weighted by Gasteiger charge is 2.37. The molecule has 0 saturated carbocycles. The van der Waals surface area contributed by atoms with Gasteiger partial charge in [0.05, 0.1) is 25.9 Å². The molecule has 2 aliphatic heterocycles. The Labute approximate surface area is 186 Å². The molecule has 0 unspecified atom stereocenters. The number of nitriles is 1. The fourth-order valence-electron chi connectivity index (χ4n) is 3.36. The van der Waals surface area contributed by atoms with Gasteiger partial charge in [-0.05, 0) is 35.7 Å². The maximum atomic E-state index is 9.95. The molecule has 0 spiro atoms. The van der Waals surface area contributed by atoms with Gasteiger partial charge in [0.25, 0.3) is 0 Å².